The summed E-state index contributed by atoms with van der Waals surface area (Å²) >= 11 is 1.41. The molecule has 1 aliphatic heterocycles. The number of hydrogen-bond acceptors (Lipinski definition) is 6. The van der Waals surface area contributed by atoms with Crippen molar-refractivity contribution < 1.29 is 19.0 Å². The fraction of sp³-hybridized carbons (Fsp3) is 0.333. The van der Waals surface area contributed by atoms with Gasteiger partial charge in [0.2, 0.25) is 0 Å². The van der Waals surface area contributed by atoms with E-state index in [2.05, 4.69) is 9.72 Å². The van der Waals surface area contributed by atoms with E-state index in [0.29, 0.717) is 5.01 Å². The van der Waals surface area contributed by atoms with Gasteiger partial charge in [-0.25, -0.2) is 9.78 Å². The molecule has 0 spiro atoms. The number of ether oxygens (including phenoxy) is 3. The summed E-state index contributed by atoms with van der Waals surface area (Å²) in [7, 11) is 1.33. The summed E-state index contributed by atoms with van der Waals surface area (Å²) in [5, 5.41) is 0.702. The maximum absolute atomic E-state index is 11.0. The van der Waals surface area contributed by atoms with E-state index >= 15 is 0 Å². The van der Waals surface area contributed by atoms with E-state index in [1.165, 1.54) is 37.0 Å². The highest BCUT2D eigenvalue weighted by Gasteiger charge is 2.36. The van der Waals surface area contributed by atoms with E-state index in [4.69, 9.17) is 9.47 Å². The number of nitrogens with zero attached hydrogens (tertiary/aromatic N) is 1. The molecule has 0 saturated heterocycles. The second-order valence-corrected chi connectivity index (χ2v) is 4.81. The van der Waals surface area contributed by atoms with Gasteiger partial charge in [0.1, 0.15) is 22.4 Å². The number of methoxy groups -OCH3 is 1. The SMILES string of the molecule is COC(=O)/C=C/c1nc(C)c(C2(C)OC=CO2)s1. The first-order valence-corrected chi connectivity index (χ1v) is 6.11. The minimum atomic E-state index is -0.820. The van der Waals surface area contributed by atoms with Crippen molar-refractivity contribution in [3.8, 4) is 0 Å². The molecule has 0 atom stereocenters. The van der Waals surface area contributed by atoms with Crippen molar-refractivity contribution in [1.82, 2.24) is 4.98 Å². The number of rotatable bonds is 3. The lowest BCUT2D eigenvalue weighted by Gasteiger charge is -2.21. The summed E-state index contributed by atoms with van der Waals surface area (Å²) in [4.78, 5) is 16.2. The third-order valence-corrected chi connectivity index (χ3v) is 3.74. The fourth-order valence-corrected chi connectivity index (χ4v) is 2.57. The van der Waals surface area contributed by atoms with Crippen LogP contribution in [0.15, 0.2) is 18.6 Å². The molecule has 5 nitrogen and oxygen atoms in total. The van der Waals surface area contributed by atoms with Gasteiger partial charge in [0.05, 0.1) is 12.8 Å². The Hall–Kier alpha value is -1.82. The summed E-state index contributed by atoms with van der Waals surface area (Å²) < 4.78 is 15.4. The Labute approximate surface area is 109 Å². The highest BCUT2D eigenvalue weighted by Crippen LogP contribution is 2.37. The zero-order valence-electron chi connectivity index (χ0n) is 10.3. The standard InChI is InChI=1S/C12H13NO4S/c1-8-11(12(2)16-6-7-17-12)18-9(13-8)4-5-10(14)15-3/h4-7H,1-3H3/b5-4+. The van der Waals surface area contributed by atoms with E-state index in [-0.39, 0.29) is 0 Å². The molecular formula is C12H13NO4S. The van der Waals surface area contributed by atoms with Crippen molar-refractivity contribution in [2.45, 2.75) is 19.6 Å². The Morgan fingerprint density at radius 3 is 2.78 bits per heavy atom. The van der Waals surface area contributed by atoms with Crippen LogP contribution in [-0.4, -0.2) is 18.1 Å². The van der Waals surface area contributed by atoms with E-state index < -0.39 is 11.8 Å². The van der Waals surface area contributed by atoms with E-state index in [0.717, 1.165) is 10.6 Å². The van der Waals surface area contributed by atoms with Gasteiger partial charge in [-0.3, -0.25) is 0 Å². The Bertz CT molecular complexity index is 510. The second-order valence-electron chi connectivity index (χ2n) is 3.78. The maximum Gasteiger partial charge on any atom is 0.330 e. The van der Waals surface area contributed by atoms with Crippen LogP contribution >= 0.6 is 11.3 Å². The molecule has 0 aliphatic carbocycles. The highest BCUT2D eigenvalue weighted by molar-refractivity contribution is 7.12. The average molecular weight is 267 g/mol. The Balaban J connectivity index is 2.22. The molecule has 0 fully saturated rings. The molecule has 0 amide bonds. The van der Waals surface area contributed by atoms with Crippen LogP contribution in [0.4, 0.5) is 0 Å². The fourth-order valence-electron chi connectivity index (χ4n) is 1.57. The molecule has 96 valence electrons. The largest absolute Gasteiger partial charge is 0.466 e. The Morgan fingerprint density at radius 2 is 2.17 bits per heavy atom. The molecule has 1 aromatic heterocycles. The second kappa shape index (κ2) is 4.81. The number of aryl methyl sites for hydroxylation is 1. The first kappa shape index (κ1) is 12.6. The van der Waals surface area contributed by atoms with Crippen molar-refractivity contribution in [3.63, 3.8) is 0 Å². The summed E-state index contributed by atoms with van der Waals surface area (Å²) in [5.41, 5.74) is 0.815. The molecule has 0 radical (unpaired) electrons. The number of thiazole rings is 1. The number of aromatic nitrogens is 1. The van der Waals surface area contributed by atoms with Gasteiger partial charge in [0.15, 0.2) is 0 Å². The van der Waals surface area contributed by atoms with Gasteiger partial charge in [-0.05, 0) is 13.0 Å². The van der Waals surface area contributed by atoms with Crippen LogP contribution in [0.5, 0.6) is 0 Å². The summed E-state index contributed by atoms with van der Waals surface area (Å²) in [5.74, 6) is -1.23. The molecule has 0 saturated carbocycles. The van der Waals surface area contributed by atoms with Crippen molar-refractivity contribution in [3.05, 3.63) is 34.2 Å². The van der Waals surface area contributed by atoms with Gasteiger partial charge in [-0.2, -0.15) is 0 Å². The molecule has 0 aromatic carbocycles. The van der Waals surface area contributed by atoms with Gasteiger partial charge < -0.3 is 14.2 Å². The van der Waals surface area contributed by atoms with E-state index in [1.54, 1.807) is 6.08 Å². The molecule has 6 heteroatoms. The highest BCUT2D eigenvalue weighted by atomic mass is 32.1. The summed E-state index contributed by atoms with van der Waals surface area (Å²) in [6.45, 7) is 3.69. The first-order chi connectivity index (χ1) is 8.55. The van der Waals surface area contributed by atoms with Crippen LogP contribution in [0.2, 0.25) is 0 Å². The molecule has 0 bridgehead atoms. The molecule has 18 heavy (non-hydrogen) atoms. The van der Waals surface area contributed by atoms with E-state index in [1.807, 2.05) is 13.8 Å². The zero-order valence-corrected chi connectivity index (χ0v) is 11.1. The minimum absolute atomic E-state index is 0.411. The predicted octanol–water partition coefficient (Wildman–Crippen LogP) is 2.33. The van der Waals surface area contributed by atoms with Crippen LogP contribution in [0.1, 0.15) is 22.5 Å². The smallest absolute Gasteiger partial charge is 0.330 e. The number of carbonyl (C=O) groups is 1. The normalized spacial score (nSPS) is 16.6. The molecule has 2 heterocycles. The lowest BCUT2D eigenvalue weighted by molar-refractivity contribution is -0.134. The van der Waals surface area contributed by atoms with Gasteiger partial charge in [0.25, 0.3) is 5.79 Å². The minimum Gasteiger partial charge on any atom is -0.466 e. The molecule has 0 N–H and O–H groups in total. The van der Waals surface area contributed by atoms with Crippen LogP contribution in [0.25, 0.3) is 6.08 Å². The monoisotopic (exact) mass is 267 g/mol. The lowest BCUT2D eigenvalue weighted by atomic mass is 10.2. The third kappa shape index (κ3) is 2.38. The summed E-state index contributed by atoms with van der Waals surface area (Å²) in [6, 6.07) is 0. The first-order valence-electron chi connectivity index (χ1n) is 5.30. The molecule has 1 aliphatic rings. The maximum atomic E-state index is 11.0. The van der Waals surface area contributed by atoms with Gasteiger partial charge in [-0.15, -0.1) is 11.3 Å². The Kier molecular flexibility index (Phi) is 3.38. The molecule has 0 unspecified atom stereocenters. The Morgan fingerprint density at radius 1 is 1.50 bits per heavy atom. The molecular weight excluding hydrogens is 254 g/mol. The van der Waals surface area contributed by atoms with Crippen molar-refractivity contribution in [1.29, 1.82) is 0 Å². The van der Waals surface area contributed by atoms with Gasteiger partial charge in [0, 0.05) is 13.0 Å². The van der Waals surface area contributed by atoms with Crippen LogP contribution < -0.4 is 0 Å². The molecule has 2 rings (SSSR count). The van der Waals surface area contributed by atoms with Gasteiger partial charge in [-0.1, -0.05) is 0 Å². The van der Waals surface area contributed by atoms with Crippen LogP contribution in [-0.2, 0) is 24.8 Å². The lowest BCUT2D eigenvalue weighted by Crippen LogP contribution is -2.21. The quantitative estimate of drug-likeness (QED) is 0.621. The number of carbonyl (C=O) groups excluding carboxylic acids is 1. The van der Waals surface area contributed by atoms with Crippen LogP contribution in [0.3, 0.4) is 0 Å². The summed E-state index contributed by atoms with van der Waals surface area (Å²) in [6.07, 6.45) is 5.95. The number of esters is 1. The van der Waals surface area contributed by atoms with Crippen LogP contribution in [0, 0.1) is 6.92 Å². The van der Waals surface area contributed by atoms with Crippen molar-refractivity contribution in [2.75, 3.05) is 7.11 Å². The van der Waals surface area contributed by atoms with Gasteiger partial charge >= 0.3 is 5.97 Å². The third-order valence-electron chi connectivity index (χ3n) is 2.43. The number of hydrogen-bond donors (Lipinski definition) is 0. The van der Waals surface area contributed by atoms with E-state index in [9.17, 15) is 4.79 Å². The van der Waals surface area contributed by atoms with Crippen molar-refractivity contribution >= 4 is 23.4 Å². The van der Waals surface area contributed by atoms with Crippen molar-refractivity contribution in [2.24, 2.45) is 0 Å². The molecule has 1 aromatic rings. The average Bonchev–Trinajstić information content (AvgIpc) is 2.93. The zero-order chi connectivity index (χ0) is 13.2. The predicted molar refractivity (Wildman–Crippen MR) is 66.6 cm³/mol. The topological polar surface area (TPSA) is 57.7 Å².